The van der Waals surface area contributed by atoms with Gasteiger partial charge < -0.3 is 10.1 Å². The Kier molecular flexibility index (Phi) is 5.56. The molecule has 0 fully saturated rings. The van der Waals surface area contributed by atoms with Gasteiger partial charge >= 0.3 is 0 Å². The third kappa shape index (κ3) is 5.15. The highest BCUT2D eigenvalue weighted by Gasteiger charge is 2.16. The second kappa shape index (κ2) is 6.47. The first-order valence-electron chi connectivity index (χ1n) is 5.73. The summed E-state index contributed by atoms with van der Waals surface area (Å²) in [6.45, 7) is 8.08. The Bertz CT molecular complexity index is 368. The topological polar surface area (TPSA) is 21.3 Å². The van der Waals surface area contributed by atoms with E-state index in [9.17, 15) is 4.39 Å². The second-order valence-corrected chi connectivity index (χ2v) is 5.39. The van der Waals surface area contributed by atoms with Crippen LogP contribution < -0.4 is 5.32 Å². The smallest absolute Gasteiger partial charge is 0.123 e. The van der Waals surface area contributed by atoms with E-state index < -0.39 is 0 Å². The monoisotopic (exact) mass is 303 g/mol. The quantitative estimate of drug-likeness (QED) is 0.868. The molecule has 1 N–H and O–H groups in total. The summed E-state index contributed by atoms with van der Waals surface area (Å²) >= 11 is 3.40. The maximum absolute atomic E-state index is 13.1. The lowest BCUT2D eigenvalue weighted by atomic mass is 10.1. The number of nitrogens with one attached hydrogen (secondary N) is 1. The van der Waals surface area contributed by atoms with Crippen molar-refractivity contribution < 1.29 is 9.13 Å². The minimum absolute atomic E-state index is 0.200. The van der Waals surface area contributed by atoms with Crippen LogP contribution in [0.15, 0.2) is 22.7 Å². The molecule has 0 spiro atoms. The average molecular weight is 304 g/mol. The van der Waals surface area contributed by atoms with Crippen molar-refractivity contribution in [3.05, 3.63) is 34.1 Å². The number of ether oxygens (including phenoxy) is 1. The van der Waals surface area contributed by atoms with Crippen molar-refractivity contribution in [2.24, 2.45) is 0 Å². The van der Waals surface area contributed by atoms with Crippen LogP contribution in [0.25, 0.3) is 0 Å². The van der Waals surface area contributed by atoms with Crippen LogP contribution in [0.2, 0.25) is 0 Å². The fraction of sp³-hybridized carbons (Fsp3) is 0.538. The molecule has 0 atom stereocenters. The number of benzene rings is 1. The van der Waals surface area contributed by atoms with Gasteiger partial charge in [0, 0.05) is 24.2 Å². The average Bonchev–Trinajstić information content (AvgIpc) is 2.23. The van der Waals surface area contributed by atoms with E-state index in [4.69, 9.17) is 4.74 Å². The van der Waals surface area contributed by atoms with Crippen molar-refractivity contribution in [2.75, 3.05) is 13.2 Å². The highest BCUT2D eigenvalue weighted by molar-refractivity contribution is 9.10. The molecule has 0 unspecified atom stereocenters. The minimum Gasteiger partial charge on any atom is -0.375 e. The molecule has 0 aliphatic heterocycles. The van der Waals surface area contributed by atoms with Gasteiger partial charge in [0.2, 0.25) is 0 Å². The summed E-state index contributed by atoms with van der Waals surface area (Å²) in [7, 11) is 0. The fourth-order valence-electron chi connectivity index (χ4n) is 1.62. The summed E-state index contributed by atoms with van der Waals surface area (Å²) in [6.07, 6.45) is 0. The molecule has 0 heterocycles. The number of hydrogen-bond acceptors (Lipinski definition) is 2. The van der Waals surface area contributed by atoms with Gasteiger partial charge in [-0.3, -0.25) is 0 Å². The van der Waals surface area contributed by atoms with Gasteiger partial charge in [-0.2, -0.15) is 0 Å². The summed E-state index contributed by atoms with van der Waals surface area (Å²) < 4.78 is 19.5. The molecule has 2 nitrogen and oxygen atoms in total. The zero-order chi connectivity index (χ0) is 12.9. The van der Waals surface area contributed by atoms with Crippen LogP contribution in [0.3, 0.4) is 0 Å². The molecule has 0 saturated carbocycles. The van der Waals surface area contributed by atoms with Crippen LogP contribution in [0.5, 0.6) is 0 Å². The Labute approximate surface area is 111 Å². The van der Waals surface area contributed by atoms with Crippen molar-refractivity contribution in [2.45, 2.75) is 32.9 Å². The largest absolute Gasteiger partial charge is 0.375 e. The van der Waals surface area contributed by atoms with Crippen LogP contribution >= 0.6 is 15.9 Å². The molecule has 4 heteroatoms. The van der Waals surface area contributed by atoms with E-state index in [0.717, 1.165) is 16.6 Å². The molecular weight excluding hydrogens is 285 g/mol. The number of halogens is 2. The highest BCUT2D eigenvalue weighted by atomic mass is 79.9. The third-order valence-electron chi connectivity index (χ3n) is 2.41. The summed E-state index contributed by atoms with van der Waals surface area (Å²) in [5.74, 6) is -0.214. The summed E-state index contributed by atoms with van der Waals surface area (Å²) in [5.41, 5.74) is 0.714. The molecule has 17 heavy (non-hydrogen) atoms. The lowest BCUT2D eigenvalue weighted by Gasteiger charge is -2.25. The summed E-state index contributed by atoms with van der Waals surface area (Å²) in [6, 6.07) is 4.70. The maximum Gasteiger partial charge on any atom is 0.123 e. The first-order valence-corrected chi connectivity index (χ1v) is 6.52. The van der Waals surface area contributed by atoms with E-state index in [0.29, 0.717) is 13.2 Å². The summed E-state index contributed by atoms with van der Waals surface area (Å²) in [5, 5.41) is 3.27. The first-order chi connectivity index (χ1) is 7.94. The van der Waals surface area contributed by atoms with Crippen LogP contribution in [0, 0.1) is 5.82 Å². The van der Waals surface area contributed by atoms with E-state index in [1.165, 1.54) is 12.1 Å². The standard InChI is InChI=1S/C13H19BrFNO/c1-4-17-13(2,3)9-16-8-10-7-11(15)5-6-12(10)14/h5-7,16H,4,8-9H2,1-3H3. The van der Waals surface area contributed by atoms with Gasteiger partial charge in [-0.1, -0.05) is 15.9 Å². The molecule has 0 amide bonds. The zero-order valence-electron chi connectivity index (χ0n) is 10.5. The molecule has 0 aliphatic rings. The molecule has 0 radical (unpaired) electrons. The molecule has 1 aromatic carbocycles. The highest BCUT2D eigenvalue weighted by Crippen LogP contribution is 2.18. The Morgan fingerprint density at radius 2 is 2.12 bits per heavy atom. The molecule has 0 aliphatic carbocycles. The first kappa shape index (κ1) is 14.6. The second-order valence-electron chi connectivity index (χ2n) is 4.53. The van der Waals surface area contributed by atoms with Gasteiger partial charge in [0.05, 0.1) is 5.60 Å². The predicted octanol–water partition coefficient (Wildman–Crippen LogP) is 3.49. The Hall–Kier alpha value is -0.450. The van der Waals surface area contributed by atoms with Crippen LogP contribution in [0.1, 0.15) is 26.3 Å². The SMILES string of the molecule is CCOC(C)(C)CNCc1cc(F)ccc1Br. The predicted molar refractivity (Wildman–Crippen MR) is 71.5 cm³/mol. The van der Waals surface area contributed by atoms with Crippen molar-refractivity contribution in [1.82, 2.24) is 5.32 Å². The molecule has 0 saturated heterocycles. The van der Waals surface area contributed by atoms with Gasteiger partial charge in [-0.05, 0) is 44.5 Å². The van der Waals surface area contributed by atoms with Crippen LogP contribution in [-0.2, 0) is 11.3 Å². The van der Waals surface area contributed by atoms with Gasteiger partial charge in [0.15, 0.2) is 0 Å². The minimum atomic E-state index is -0.214. The normalized spacial score (nSPS) is 11.8. The third-order valence-corrected chi connectivity index (χ3v) is 3.18. The van der Waals surface area contributed by atoms with E-state index in [-0.39, 0.29) is 11.4 Å². The fourth-order valence-corrected chi connectivity index (χ4v) is 2.01. The van der Waals surface area contributed by atoms with E-state index in [2.05, 4.69) is 21.2 Å². The lowest BCUT2D eigenvalue weighted by Crippen LogP contribution is -2.37. The lowest BCUT2D eigenvalue weighted by molar-refractivity contribution is -0.00898. The Morgan fingerprint density at radius 1 is 1.41 bits per heavy atom. The zero-order valence-corrected chi connectivity index (χ0v) is 12.1. The van der Waals surface area contributed by atoms with Crippen molar-refractivity contribution in [3.8, 4) is 0 Å². The van der Waals surface area contributed by atoms with Crippen LogP contribution in [-0.4, -0.2) is 18.8 Å². The van der Waals surface area contributed by atoms with Gasteiger partial charge in [-0.15, -0.1) is 0 Å². The van der Waals surface area contributed by atoms with E-state index >= 15 is 0 Å². The Balaban J connectivity index is 2.48. The van der Waals surface area contributed by atoms with Crippen LogP contribution in [0.4, 0.5) is 4.39 Å². The molecule has 1 aromatic rings. The van der Waals surface area contributed by atoms with Crippen molar-refractivity contribution >= 4 is 15.9 Å². The van der Waals surface area contributed by atoms with E-state index in [1.54, 1.807) is 6.07 Å². The number of hydrogen-bond donors (Lipinski definition) is 1. The Morgan fingerprint density at radius 3 is 2.76 bits per heavy atom. The molecule has 0 aromatic heterocycles. The number of rotatable bonds is 6. The maximum atomic E-state index is 13.1. The van der Waals surface area contributed by atoms with E-state index in [1.807, 2.05) is 20.8 Å². The molecular formula is C13H19BrFNO. The molecule has 0 bridgehead atoms. The van der Waals surface area contributed by atoms with Gasteiger partial charge in [-0.25, -0.2) is 4.39 Å². The van der Waals surface area contributed by atoms with Gasteiger partial charge in [0.25, 0.3) is 0 Å². The van der Waals surface area contributed by atoms with Gasteiger partial charge in [0.1, 0.15) is 5.82 Å². The molecule has 1 rings (SSSR count). The van der Waals surface area contributed by atoms with Crippen molar-refractivity contribution in [3.63, 3.8) is 0 Å². The van der Waals surface area contributed by atoms with Crippen molar-refractivity contribution in [1.29, 1.82) is 0 Å². The molecule has 96 valence electrons. The summed E-state index contributed by atoms with van der Waals surface area (Å²) in [4.78, 5) is 0.